The van der Waals surface area contributed by atoms with E-state index in [0.717, 1.165) is 43.5 Å². The average molecular weight is 330 g/mol. The van der Waals surface area contributed by atoms with Crippen molar-refractivity contribution in [1.29, 1.82) is 0 Å². The van der Waals surface area contributed by atoms with Gasteiger partial charge in [0, 0.05) is 29.3 Å². The second kappa shape index (κ2) is 8.99. The Morgan fingerprint density at radius 2 is 2.05 bits per heavy atom. The minimum absolute atomic E-state index is 0.478. The van der Waals surface area contributed by atoms with Crippen LogP contribution in [0.25, 0.3) is 0 Å². The topological polar surface area (TPSA) is 21.3 Å². The van der Waals surface area contributed by atoms with Crippen LogP contribution in [0.3, 0.4) is 0 Å². The molecule has 0 bridgehead atoms. The quantitative estimate of drug-likeness (QED) is 0.781. The molecule has 0 saturated carbocycles. The highest BCUT2D eigenvalue weighted by atomic mass is 35.5. The molecule has 1 saturated heterocycles. The molecular weight excluding hydrogens is 305 g/mol. The highest BCUT2D eigenvalue weighted by Gasteiger charge is 2.20. The van der Waals surface area contributed by atoms with Crippen LogP contribution in [0.15, 0.2) is 18.2 Å². The Labute approximate surface area is 138 Å². The predicted molar refractivity (Wildman–Crippen MR) is 90.4 cm³/mol. The smallest absolute Gasteiger partial charge is 0.0468 e. The summed E-state index contributed by atoms with van der Waals surface area (Å²) in [4.78, 5) is 0. The van der Waals surface area contributed by atoms with Gasteiger partial charge in [-0.2, -0.15) is 0 Å². The Morgan fingerprint density at radius 1 is 1.29 bits per heavy atom. The zero-order valence-electron chi connectivity index (χ0n) is 12.7. The number of hydrogen-bond donors (Lipinski definition) is 1. The third kappa shape index (κ3) is 5.78. The van der Waals surface area contributed by atoms with Crippen LogP contribution in [0.5, 0.6) is 0 Å². The van der Waals surface area contributed by atoms with E-state index in [-0.39, 0.29) is 0 Å². The predicted octanol–water partition coefficient (Wildman–Crippen LogP) is 4.72. The van der Waals surface area contributed by atoms with Gasteiger partial charge in [-0.3, -0.25) is 0 Å². The summed E-state index contributed by atoms with van der Waals surface area (Å²) in [5, 5.41) is 5.15. The Kier molecular flexibility index (Phi) is 7.31. The van der Waals surface area contributed by atoms with E-state index in [0.29, 0.717) is 11.1 Å². The summed E-state index contributed by atoms with van der Waals surface area (Å²) in [6.45, 7) is 5.08. The fourth-order valence-corrected chi connectivity index (χ4v) is 3.41. The molecule has 0 aromatic heterocycles. The maximum atomic E-state index is 6.32. The van der Waals surface area contributed by atoms with Crippen LogP contribution in [-0.2, 0) is 11.2 Å². The molecule has 1 unspecified atom stereocenters. The number of ether oxygens (including phenoxy) is 1. The van der Waals surface area contributed by atoms with Gasteiger partial charge in [0.25, 0.3) is 0 Å². The number of halogens is 2. The summed E-state index contributed by atoms with van der Waals surface area (Å²) < 4.78 is 5.46. The molecule has 1 atom stereocenters. The fraction of sp³-hybridized carbons (Fsp3) is 0.647. The van der Waals surface area contributed by atoms with Crippen molar-refractivity contribution in [2.45, 2.75) is 45.1 Å². The molecule has 4 heteroatoms. The van der Waals surface area contributed by atoms with Crippen LogP contribution in [0.2, 0.25) is 10.0 Å². The molecule has 2 rings (SSSR count). The minimum Gasteiger partial charge on any atom is -0.381 e. The molecule has 1 N–H and O–H groups in total. The summed E-state index contributed by atoms with van der Waals surface area (Å²) in [6, 6.07) is 6.29. The zero-order chi connectivity index (χ0) is 15.1. The van der Waals surface area contributed by atoms with Crippen LogP contribution < -0.4 is 5.32 Å². The van der Waals surface area contributed by atoms with Crippen LogP contribution in [0.4, 0.5) is 0 Å². The number of nitrogens with one attached hydrogen (secondary N) is 1. The monoisotopic (exact) mass is 329 g/mol. The largest absolute Gasteiger partial charge is 0.381 e. The second-order valence-electron chi connectivity index (χ2n) is 5.88. The van der Waals surface area contributed by atoms with Crippen LogP contribution in [0.1, 0.15) is 38.2 Å². The summed E-state index contributed by atoms with van der Waals surface area (Å²) in [5.74, 6) is 0.763. The Balaban J connectivity index is 1.97. The van der Waals surface area contributed by atoms with E-state index < -0.39 is 0 Å². The van der Waals surface area contributed by atoms with Crippen molar-refractivity contribution < 1.29 is 4.74 Å². The van der Waals surface area contributed by atoms with Crippen molar-refractivity contribution in [2.75, 3.05) is 19.8 Å². The maximum absolute atomic E-state index is 6.32. The van der Waals surface area contributed by atoms with Crippen LogP contribution in [0, 0.1) is 5.92 Å². The molecule has 0 radical (unpaired) electrons. The van der Waals surface area contributed by atoms with Crippen LogP contribution in [-0.4, -0.2) is 25.8 Å². The lowest BCUT2D eigenvalue weighted by atomic mass is 9.89. The van der Waals surface area contributed by atoms with Crippen molar-refractivity contribution in [3.8, 4) is 0 Å². The molecule has 0 aliphatic carbocycles. The van der Waals surface area contributed by atoms with E-state index in [1.165, 1.54) is 24.8 Å². The standard InChI is InChI=1S/C17H25Cl2NO/c1-2-7-20-16(10-13-5-8-21-9-6-13)11-14-3-4-15(18)12-17(14)19/h3-4,12-13,16,20H,2,5-11H2,1H3. The number of rotatable bonds is 7. The van der Waals surface area contributed by atoms with Crippen molar-refractivity contribution in [3.63, 3.8) is 0 Å². The molecule has 1 fully saturated rings. The first-order valence-corrected chi connectivity index (χ1v) is 8.69. The molecule has 2 nitrogen and oxygen atoms in total. The molecule has 0 amide bonds. The van der Waals surface area contributed by atoms with Gasteiger partial charge < -0.3 is 10.1 Å². The molecule has 1 aliphatic heterocycles. The summed E-state index contributed by atoms with van der Waals surface area (Å²) in [5.41, 5.74) is 1.18. The molecule has 118 valence electrons. The van der Waals surface area contributed by atoms with E-state index >= 15 is 0 Å². The van der Waals surface area contributed by atoms with Gasteiger partial charge in [-0.25, -0.2) is 0 Å². The molecule has 0 spiro atoms. The Bertz CT molecular complexity index is 433. The normalized spacial score (nSPS) is 17.9. The molecular formula is C17H25Cl2NO. The maximum Gasteiger partial charge on any atom is 0.0468 e. The van der Waals surface area contributed by atoms with Crippen LogP contribution >= 0.6 is 23.2 Å². The van der Waals surface area contributed by atoms with E-state index in [1.807, 2.05) is 12.1 Å². The first-order valence-electron chi connectivity index (χ1n) is 7.94. The minimum atomic E-state index is 0.478. The third-order valence-electron chi connectivity index (χ3n) is 4.12. The van der Waals surface area contributed by atoms with Gasteiger partial charge in [-0.15, -0.1) is 0 Å². The van der Waals surface area contributed by atoms with Gasteiger partial charge in [0.15, 0.2) is 0 Å². The molecule has 1 aromatic carbocycles. The van der Waals surface area contributed by atoms with E-state index in [4.69, 9.17) is 27.9 Å². The zero-order valence-corrected chi connectivity index (χ0v) is 14.2. The average Bonchev–Trinajstić information content (AvgIpc) is 2.48. The lowest BCUT2D eigenvalue weighted by Gasteiger charge is -2.27. The summed E-state index contributed by atoms with van der Waals surface area (Å²) >= 11 is 12.3. The fourth-order valence-electron chi connectivity index (χ4n) is 2.92. The van der Waals surface area contributed by atoms with Gasteiger partial charge in [-0.05, 0) is 62.3 Å². The van der Waals surface area contributed by atoms with Gasteiger partial charge in [0.2, 0.25) is 0 Å². The highest BCUT2D eigenvalue weighted by Crippen LogP contribution is 2.25. The van der Waals surface area contributed by atoms with Gasteiger partial charge in [0.05, 0.1) is 0 Å². The summed E-state index contributed by atoms with van der Waals surface area (Å²) in [7, 11) is 0. The second-order valence-corrected chi connectivity index (χ2v) is 6.73. The van der Waals surface area contributed by atoms with Gasteiger partial charge in [-0.1, -0.05) is 36.2 Å². The summed E-state index contributed by atoms with van der Waals surface area (Å²) in [6.07, 6.45) is 5.67. The number of benzene rings is 1. The van der Waals surface area contributed by atoms with Gasteiger partial charge >= 0.3 is 0 Å². The van der Waals surface area contributed by atoms with Crippen molar-refractivity contribution in [2.24, 2.45) is 5.92 Å². The molecule has 21 heavy (non-hydrogen) atoms. The Hall–Kier alpha value is -0.280. The highest BCUT2D eigenvalue weighted by molar-refractivity contribution is 6.35. The molecule has 1 heterocycles. The lowest BCUT2D eigenvalue weighted by Crippen LogP contribution is -2.35. The van der Waals surface area contributed by atoms with E-state index in [9.17, 15) is 0 Å². The van der Waals surface area contributed by atoms with Crippen molar-refractivity contribution in [1.82, 2.24) is 5.32 Å². The lowest BCUT2D eigenvalue weighted by molar-refractivity contribution is 0.0605. The molecule has 1 aromatic rings. The van der Waals surface area contributed by atoms with E-state index in [1.54, 1.807) is 0 Å². The van der Waals surface area contributed by atoms with Crippen molar-refractivity contribution >= 4 is 23.2 Å². The van der Waals surface area contributed by atoms with E-state index in [2.05, 4.69) is 18.3 Å². The Morgan fingerprint density at radius 3 is 2.71 bits per heavy atom. The SMILES string of the molecule is CCCNC(Cc1ccc(Cl)cc1Cl)CC1CCOCC1. The first-order chi connectivity index (χ1) is 10.2. The van der Waals surface area contributed by atoms with Gasteiger partial charge in [0.1, 0.15) is 0 Å². The third-order valence-corrected chi connectivity index (χ3v) is 4.71. The molecule has 1 aliphatic rings. The first kappa shape index (κ1) is 17.1. The van der Waals surface area contributed by atoms with Crippen molar-refractivity contribution in [3.05, 3.63) is 33.8 Å². The number of hydrogen-bond acceptors (Lipinski definition) is 2.